The molecule has 3 rings (SSSR count). The number of aryl methyl sites for hydroxylation is 1. The Labute approximate surface area is 183 Å². The highest BCUT2D eigenvalue weighted by molar-refractivity contribution is 9.10. The summed E-state index contributed by atoms with van der Waals surface area (Å²) < 4.78 is 0.932. The smallest absolute Gasteiger partial charge is 0.244 e. The highest BCUT2D eigenvalue weighted by Gasteiger charge is 2.12. The topological polar surface area (TPSA) is 102 Å². The Morgan fingerprint density at radius 2 is 1.83 bits per heavy atom. The van der Waals surface area contributed by atoms with Crippen molar-refractivity contribution < 1.29 is 9.59 Å². The Morgan fingerprint density at radius 3 is 2.50 bits per heavy atom. The Kier molecular flexibility index (Phi) is 6.94. The van der Waals surface area contributed by atoms with E-state index in [-0.39, 0.29) is 24.9 Å². The number of hydrogen-bond acceptors (Lipinski definition) is 5. The first-order chi connectivity index (χ1) is 14.3. The van der Waals surface area contributed by atoms with Crippen LogP contribution < -0.4 is 10.6 Å². The largest absolute Gasteiger partial charge is 0.345 e. The van der Waals surface area contributed by atoms with Crippen molar-refractivity contribution in [1.29, 1.82) is 0 Å². The van der Waals surface area contributed by atoms with Crippen LogP contribution in [-0.4, -0.2) is 38.6 Å². The maximum absolute atomic E-state index is 12.1. The second kappa shape index (κ2) is 9.62. The van der Waals surface area contributed by atoms with Crippen LogP contribution in [0.15, 0.2) is 46.9 Å². The van der Waals surface area contributed by atoms with Gasteiger partial charge in [-0.15, -0.1) is 10.2 Å². The normalized spacial score (nSPS) is 10.8. The molecule has 30 heavy (non-hydrogen) atoms. The average molecular weight is 471 g/mol. The molecular weight excluding hydrogens is 448 g/mol. The molecule has 156 valence electrons. The molecule has 0 saturated carbocycles. The number of hydrogen-bond donors (Lipinski definition) is 2. The van der Waals surface area contributed by atoms with Crippen LogP contribution in [0.5, 0.6) is 0 Å². The van der Waals surface area contributed by atoms with E-state index in [1.54, 1.807) is 6.07 Å². The van der Waals surface area contributed by atoms with Crippen LogP contribution in [0.4, 0.5) is 5.69 Å². The number of anilines is 1. The second-order valence-corrected chi connectivity index (χ2v) is 8.12. The third-order valence-electron chi connectivity index (χ3n) is 4.48. The molecule has 0 atom stereocenters. The lowest BCUT2D eigenvalue weighted by molar-refractivity contribution is -0.124. The van der Waals surface area contributed by atoms with E-state index in [2.05, 4.69) is 55.8 Å². The van der Waals surface area contributed by atoms with Gasteiger partial charge < -0.3 is 10.6 Å². The molecule has 0 unspecified atom stereocenters. The Morgan fingerprint density at radius 1 is 1.10 bits per heavy atom. The summed E-state index contributed by atoms with van der Waals surface area (Å²) in [6.07, 6.45) is 0. The quantitative estimate of drug-likeness (QED) is 0.551. The fraction of sp³-hybridized carbons (Fsp3) is 0.286. The lowest BCUT2D eigenvalue weighted by atomic mass is 10.0. The first kappa shape index (κ1) is 21.6. The zero-order chi connectivity index (χ0) is 21.7. The summed E-state index contributed by atoms with van der Waals surface area (Å²) in [4.78, 5) is 25.4. The van der Waals surface area contributed by atoms with Gasteiger partial charge in [-0.25, -0.2) is 0 Å². The zero-order valence-electron chi connectivity index (χ0n) is 17.0. The summed E-state index contributed by atoms with van der Waals surface area (Å²) in [5.74, 6) is 0.195. The number of rotatable bonds is 7. The van der Waals surface area contributed by atoms with Crippen LogP contribution >= 0.6 is 15.9 Å². The van der Waals surface area contributed by atoms with Crippen molar-refractivity contribution in [3.8, 4) is 11.4 Å². The molecule has 0 aliphatic carbocycles. The monoisotopic (exact) mass is 470 g/mol. The Balaban J connectivity index is 1.51. The number of carbonyl (C=O) groups is 2. The van der Waals surface area contributed by atoms with E-state index in [9.17, 15) is 9.59 Å². The van der Waals surface area contributed by atoms with E-state index in [1.807, 2.05) is 43.3 Å². The molecule has 0 spiro atoms. The summed E-state index contributed by atoms with van der Waals surface area (Å²) in [5, 5.41) is 17.5. The summed E-state index contributed by atoms with van der Waals surface area (Å²) in [7, 11) is 0. The van der Waals surface area contributed by atoms with Gasteiger partial charge in [0.25, 0.3) is 0 Å². The summed E-state index contributed by atoms with van der Waals surface area (Å²) in [5.41, 5.74) is 3.67. The number of nitrogens with zero attached hydrogens (tertiary/aromatic N) is 4. The molecule has 0 aliphatic rings. The molecule has 2 amide bonds. The number of tetrazole rings is 1. The molecule has 8 nitrogen and oxygen atoms in total. The van der Waals surface area contributed by atoms with Gasteiger partial charge in [-0.2, -0.15) is 4.80 Å². The van der Waals surface area contributed by atoms with E-state index in [4.69, 9.17) is 0 Å². The average Bonchev–Trinajstić information content (AvgIpc) is 3.17. The van der Waals surface area contributed by atoms with E-state index >= 15 is 0 Å². The number of amides is 2. The number of benzene rings is 2. The van der Waals surface area contributed by atoms with Gasteiger partial charge in [-0.1, -0.05) is 54.0 Å². The summed E-state index contributed by atoms with van der Waals surface area (Å²) in [6, 6.07) is 13.5. The maximum atomic E-state index is 12.1. The van der Waals surface area contributed by atoms with Crippen molar-refractivity contribution in [1.82, 2.24) is 25.5 Å². The fourth-order valence-corrected chi connectivity index (χ4v) is 3.24. The maximum Gasteiger partial charge on any atom is 0.244 e. The van der Waals surface area contributed by atoms with Crippen molar-refractivity contribution in [2.24, 2.45) is 0 Å². The van der Waals surface area contributed by atoms with Gasteiger partial charge in [0.05, 0.1) is 6.54 Å². The third kappa shape index (κ3) is 5.73. The van der Waals surface area contributed by atoms with Crippen LogP contribution in [0.2, 0.25) is 0 Å². The molecule has 2 N–H and O–H groups in total. The molecule has 1 heterocycles. The molecule has 2 aromatic carbocycles. The standard InChI is InChI=1S/C21H23BrN6O2/c1-13(2)15-4-6-16(7-5-15)21-25-27-28(26-21)12-20(30)23-11-19(29)24-18-9-8-17(22)10-14(18)3/h4-10,13H,11-12H2,1-3H3,(H,23,30)(H,24,29). The molecule has 0 fully saturated rings. The van der Waals surface area contributed by atoms with Gasteiger partial charge in [0.2, 0.25) is 17.6 Å². The first-order valence-corrected chi connectivity index (χ1v) is 10.3. The summed E-state index contributed by atoms with van der Waals surface area (Å²) >= 11 is 3.38. The van der Waals surface area contributed by atoms with Crippen LogP contribution in [0, 0.1) is 6.92 Å². The zero-order valence-corrected chi connectivity index (χ0v) is 18.6. The molecule has 9 heteroatoms. The van der Waals surface area contributed by atoms with Gasteiger partial charge in [-0.05, 0) is 47.4 Å². The third-order valence-corrected chi connectivity index (χ3v) is 4.98. The molecule has 0 saturated heterocycles. The minimum absolute atomic E-state index is 0.123. The lowest BCUT2D eigenvalue weighted by Crippen LogP contribution is -2.35. The number of nitrogens with one attached hydrogen (secondary N) is 2. The van der Waals surface area contributed by atoms with Gasteiger partial charge >= 0.3 is 0 Å². The number of carbonyl (C=O) groups excluding carboxylic acids is 2. The predicted octanol–water partition coefficient (Wildman–Crippen LogP) is 3.29. The number of halogens is 1. The van der Waals surface area contributed by atoms with Gasteiger partial charge in [0.1, 0.15) is 6.54 Å². The van der Waals surface area contributed by atoms with Crippen molar-refractivity contribution in [3.63, 3.8) is 0 Å². The minimum Gasteiger partial charge on any atom is -0.345 e. The van der Waals surface area contributed by atoms with Crippen LogP contribution in [0.25, 0.3) is 11.4 Å². The van der Waals surface area contributed by atoms with Crippen molar-refractivity contribution in [2.45, 2.75) is 33.2 Å². The highest BCUT2D eigenvalue weighted by atomic mass is 79.9. The lowest BCUT2D eigenvalue weighted by Gasteiger charge is -2.09. The van der Waals surface area contributed by atoms with Crippen molar-refractivity contribution >= 4 is 33.4 Å². The fourth-order valence-electron chi connectivity index (χ4n) is 2.77. The van der Waals surface area contributed by atoms with E-state index in [0.29, 0.717) is 17.4 Å². The van der Waals surface area contributed by atoms with Crippen molar-refractivity contribution in [2.75, 3.05) is 11.9 Å². The SMILES string of the molecule is Cc1cc(Br)ccc1NC(=O)CNC(=O)Cn1nnc(-c2ccc(C(C)C)cc2)n1. The Hall–Kier alpha value is -3.07. The first-order valence-electron chi connectivity index (χ1n) is 9.52. The minimum atomic E-state index is -0.378. The second-order valence-electron chi connectivity index (χ2n) is 7.20. The van der Waals surface area contributed by atoms with Gasteiger partial charge in [-0.3, -0.25) is 9.59 Å². The molecule has 3 aromatic rings. The van der Waals surface area contributed by atoms with E-state index < -0.39 is 0 Å². The predicted molar refractivity (Wildman–Crippen MR) is 118 cm³/mol. The molecular formula is C21H23BrN6O2. The van der Waals surface area contributed by atoms with E-state index in [0.717, 1.165) is 15.6 Å². The van der Waals surface area contributed by atoms with Crippen LogP contribution in [-0.2, 0) is 16.1 Å². The van der Waals surface area contributed by atoms with E-state index in [1.165, 1.54) is 10.4 Å². The highest BCUT2D eigenvalue weighted by Crippen LogP contribution is 2.20. The number of aromatic nitrogens is 4. The molecule has 0 radical (unpaired) electrons. The van der Waals surface area contributed by atoms with Crippen molar-refractivity contribution in [3.05, 3.63) is 58.1 Å². The summed E-state index contributed by atoms with van der Waals surface area (Å²) in [6.45, 7) is 5.88. The van der Waals surface area contributed by atoms with Gasteiger partial charge in [0.15, 0.2) is 0 Å². The van der Waals surface area contributed by atoms with Crippen LogP contribution in [0.3, 0.4) is 0 Å². The van der Waals surface area contributed by atoms with Crippen LogP contribution in [0.1, 0.15) is 30.9 Å². The molecule has 0 aliphatic heterocycles. The van der Waals surface area contributed by atoms with Gasteiger partial charge in [0, 0.05) is 15.7 Å². The molecule has 1 aromatic heterocycles. The molecule has 0 bridgehead atoms. The Bertz CT molecular complexity index is 1050.